The first kappa shape index (κ1) is 22.7. The van der Waals surface area contributed by atoms with E-state index in [1.165, 1.54) is 29.6 Å². The van der Waals surface area contributed by atoms with Crippen molar-refractivity contribution in [2.24, 2.45) is 34.0 Å². The van der Waals surface area contributed by atoms with Gasteiger partial charge in [0.25, 0.3) is 0 Å². The van der Waals surface area contributed by atoms with E-state index < -0.39 is 0 Å². The third kappa shape index (κ3) is 3.47. The summed E-state index contributed by atoms with van der Waals surface area (Å²) in [5.74, 6) is 3.38. The molecular weight excluding hydrogens is 404 g/mol. The fourth-order valence-corrected chi connectivity index (χ4v) is 7.96. The number of benzene rings is 1. The van der Waals surface area contributed by atoms with Gasteiger partial charge < -0.3 is 4.74 Å². The molecule has 0 bridgehead atoms. The van der Waals surface area contributed by atoms with E-state index >= 15 is 0 Å². The highest BCUT2D eigenvalue weighted by atomic mass is 16.5. The zero-order valence-corrected chi connectivity index (χ0v) is 21.3. The van der Waals surface area contributed by atoms with Crippen molar-refractivity contribution < 1.29 is 9.53 Å². The summed E-state index contributed by atoms with van der Waals surface area (Å²) < 4.78 is 5.54. The highest BCUT2D eigenvalue weighted by molar-refractivity contribution is 5.87. The number of methoxy groups -OCH3 is 1. The lowest BCUT2D eigenvalue weighted by Gasteiger charge is -2.55. The van der Waals surface area contributed by atoms with Gasteiger partial charge in [-0.3, -0.25) is 4.79 Å². The number of allylic oxidation sites excluding steroid dienone is 6. The van der Waals surface area contributed by atoms with E-state index in [9.17, 15) is 4.79 Å². The van der Waals surface area contributed by atoms with E-state index in [4.69, 9.17) is 4.74 Å². The molecule has 1 aromatic carbocycles. The van der Waals surface area contributed by atoms with Crippen LogP contribution in [0.2, 0.25) is 0 Å². The Balaban J connectivity index is 1.54. The third-order valence-electron chi connectivity index (χ3n) is 9.69. The Hall–Kier alpha value is -2.09. The number of ether oxygens (including phenoxy) is 1. The first-order chi connectivity index (χ1) is 15.6. The summed E-state index contributed by atoms with van der Waals surface area (Å²) in [6.45, 7) is 11.7. The first-order valence-electron chi connectivity index (χ1n) is 12.9. The summed E-state index contributed by atoms with van der Waals surface area (Å²) in [4.78, 5) is 12.7. The number of hydrogen-bond acceptors (Lipinski definition) is 2. The Labute approximate surface area is 200 Å². The molecule has 0 aliphatic heterocycles. The predicted octanol–water partition coefficient (Wildman–Crippen LogP) is 7.80. The molecule has 3 fully saturated rings. The average molecular weight is 445 g/mol. The number of fused-ring (bicyclic) bond motifs is 5. The molecule has 0 unspecified atom stereocenters. The molecule has 0 N–H and O–H groups in total. The smallest absolute Gasteiger partial charge is 0.139 e. The van der Waals surface area contributed by atoms with Crippen LogP contribution in [0, 0.1) is 34.0 Å². The lowest BCUT2D eigenvalue weighted by molar-refractivity contribution is -0.131. The first-order valence-corrected chi connectivity index (χ1v) is 12.9. The van der Waals surface area contributed by atoms with Gasteiger partial charge in [0, 0.05) is 17.3 Å². The zero-order chi connectivity index (χ0) is 23.6. The summed E-state index contributed by atoms with van der Waals surface area (Å²) in [7, 11) is 1.74. The van der Waals surface area contributed by atoms with Crippen LogP contribution in [-0.2, 0) is 4.79 Å². The molecule has 0 heterocycles. The Bertz CT molecular complexity index is 1060. The lowest BCUT2D eigenvalue weighted by Crippen LogP contribution is -2.49. The van der Waals surface area contributed by atoms with Crippen molar-refractivity contribution >= 4 is 11.4 Å². The summed E-state index contributed by atoms with van der Waals surface area (Å²) in [6.07, 6.45) is 14.0. The van der Waals surface area contributed by atoms with Crippen molar-refractivity contribution in [3.63, 3.8) is 0 Å². The number of rotatable bonds is 2. The van der Waals surface area contributed by atoms with Gasteiger partial charge in [0.05, 0.1) is 7.11 Å². The molecular formula is C31H40O2. The second kappa shape index (κ2) is 7.72. The number of carbonyl (C=O) groups is 1. The van der Waals surface area contributed by atoms with Crippen LogP contribution in [0.25, 0.3) is 5.57 Å². The molecule has 5 atom stereocenters. The van der Waals surface area contributed by atoms with Crippen LogP contribution in [0.5, 0.6) is 5.75 Å². The highest BCUT2D eigenvalue weighted by Gasteiger charge is 2.58. The van der Waals surface area contributed by atoms with E-state index in [0.717, 1.165) is 31.4 Å². The average Bonchev–Trinajstić information content (AvgIpc) is 3.08. The Kier molecular flexibility index (Phi) is 5.31. The normalized spacial score (nSPS) is 37.1. The van der Waals surface area contributed by atoms with Crippen molar-refractivity contribution in [3.05, 3.63) is 59.2 Å². The van der Waals surface area contributed by atoms with E-state index in [1.54, 1.807) is 12.7 Å². The second-order valence-electron chi connectivity index (χ2n) is 12.4. The van der Waals surface area contributed by atoms with Gasteiger partial charge in [0.1, 0.15) is 11.5 Å². The minimum atomic E-state index is -0.0477. The van der Waals surface area contributed by atoms with Crippen LogP contribution >= 0.6 is 0 Å². The van der Waals surface area contributed by atoms with Crippen molar-refractivity contribution in [1.82, 2.24) is 0 Å². The van der Waals surface area contributed by atoms with Gasteiger partial charge in [-0.25, -0.2) is 0 Å². The molecule has 0 aromatic heterocycles. The molecule has 33 heavy (non-hydrogen) atoms. The van der Waals surface area contributed by atoms with E-state index in [1.807, 2.05) is 6.07 Å². The van der Waals surface area contributed by atoms with E-state index in [-0.39, 0.29) is 16.2 Å². The van der Waals surface area contributed by atoms with Crippen molar-refractivity contribution in [2.45, 2.75) is 73.1 Å². The Morgan fingerprint density at radius 1 is 1.06 bits per heavy atom. The minimum Gasteiger partial charge on any atom is -0.497 e. The standard InChI is InChI=1S/C31H40O2/c1-29(2,3)28(20-8-7-9-23(19-20)33-6)21-14-16-30(4)22(18-21)10-11-24-25-12-13-27(32)31(25,5)17-15-26(24)30/h7-9,14,16,18-19,24-26H,10-13,15,17H2,1-6H3/b28-21+/t24-,25-,26-,30-,31-/m0/s1. The fraction of sp³-hybridized carbons (Fsp3) is 0.581. The zero-order valence-electron chi connectivity index (χ0n) is 21.3. The van der Waals surface area contributed by atoms with Gasteiger partial charge in [-0.1, -0.05) is 70.6 Å². The van der Waals surface area contributed by atoms with Gasteiger partial charge >= 0.3 is 0 Å². The van der Waals surface area contributed by atoms with Gasteiger partial charge in [0.15, 0.2) is 0 Å². The number of Topliss-reactive ketones (excluding diaryl/α,β-unsaturated/α-hetero) is 1. The van der Waals surface area contributed by atoms with E-state index in [0.29, 0.717) is 23.5 Å². The molecule has 176 valence electrons. The van der Waals surface area contributed by atoms with Crippen LogP contribution in [0.15, 0.2) is 53.6 Å². The van der Waals surface area contributed by atoms with Gasteiger partial charge in [-0.05, 0) is 84.1 Å². The molecule has 3 saturated carbocycles. The summed E-state index contributed by atoms with van der Waals surface area (Å²) in [6, 6.07) is 8.50. The van der Waals surface area contributed by atoms with Crippen LogP contribution in [0.1, 0.15) is 78.7 Å². The summed E-state index contributed by atoms with van der Waals surface area (Å²) >= 11 is 0. The molecule has 0 radical (unpaired) electrons. The predicted molar refractivity (Wildman–Crippen MR) is 136 cm³/mol. The molecule has 0 saturated heterocycles. The highest BCUT2D eigenvalue weighted by Crippen LogP contribution is 2.64. The number of ketones is 1. The topological polar surface area (TPSA) is 26.3 Å². The van der Waals surface area contributed by atoms with Gasteiger partial charge in [-0.2, -0.15) is 0 Å². The third-order valence-corrected chi connectivity index (χ3v) is 9.69. The molecule has 4 aliphatic carbocycles. The monoisotopic (exact) mass is 444 g/mol. The Morgan fingerprint density at radius 3 is 2.58 bits per heavy atom. The quantitative estimate of drug-likeness (QED) is 0.465. The molecule has 1 aromatic rings. The molecule has 4 aliphatic rings. The molecule has 0 spiro atoms. The molecule has 5 rings (SSSR count). The lowest BCUT2D eigenvalue weighted by atomic mass is 9.48. The van der Waals surface area contributed by atoms with Crippen molar-refractivity contribution in [2.75, 3.05) is 7.11 Å². The summed E-state index contributed by atoms with van der Waals surface area (Å²) in [5, 5.41) is 0. The van der Waals surface area contributed by atoms with Crippen LogP contribution in [-0.4, -0.2) is 12.9 Å². The van der Waals surface area contributed by atoms with Crippen LogP contribution in [0.3, 0.4) is 0 Å². The maximum Gasteiger partial charge on any atom is 0.139 e. The molecule has 0 amide bonds. The Morgan fingerprint density at radius 2 is 1.85 bits per heavy atom. The van der Waals surface area contributed by atoms with Crippen molar-refractivity contribution in [1.29, 1.82) is 0 Å². The summed E-state index contributed by atoms with van der Waals surface area (Å²) in [5.41, 5.74) is 5.66. The fourth-order valence-electron chi connectivity index (χ4n) is 7.96. The SMILES string of the molecule is COc1cccc(/C(=C2/C=C[C@@]3(C)C(=C2)CC[C@@H]2[C@@H]3CC[C@]3(C)C(=O)CC[C@@H]23)C(C)(C)C)c1. The molecule has 2 heteroatoms. The maximum atomic E-state index is 12.7. The van der Waals surface area contributed by atoms with Crippen molar-refractivity contribution in [3.8, 4) is 5.75 Å². The minimum absolute atomic E-state index is 0.0188. The maximum absolute atomic E-state index is 12.7. The number of hydrogen-bond donors (Lipinski definition) is 0. The van der Waals surface area contributed by atoms with Gasteiger partial charge in [-0.15, -0.1) is 0 Å². The second-order valence-corrected chi connectivity index (χ2v) is 12.4. The molecule has 2 nitrogen and oxygen atoms in total. The van der Waals surface area contributed by atoms with E-state index in [2.05, 4.69) is 71.0 Å². The number of carbonyl (C=O) groups excluding carboxylic acids is 1. The van der Waals surface area contributed by atoms with Crippen LogP contribution < -0.4 is 4.74 Å². The van der Waals surface area contributed by atoms with Gasteiger partial charge in [0.2, 0.25) is 0 Å². The van der Waals surface area contributed by atoms with Crippen LogP contribution in [0.4, 0.5) is 0 Å². The largest absolute Gasteiger partial charge is 0.497 e.